The van der Waals surface area contributed by atoms with Crippen LogP contribution < -0.4 is 5.32 Å². The van der Waals surface area contributed by atoms with E-state index in [1.165, 1.54) is 10.6 Å². The molecule has 1 aliphatic rings. The zero-order chi connectivity index (χ0) is 15.0. The lowest BCUT2D eigenvalue weighted by Gasteiger charge is -2.38. The lowest BCUT2D eigenvalue weighted by atomic mass is 10.1. The Kier molecular flexibility index (Phi) is 3.53. The molecule has 0 aliphatic carbocycles. The molecular formula is C16H21N3OS. The van der Waals surface area contributed by atoms with Gasteiger partial charge in [-0.15, -0.1) is 11.3 Å². The Bertz CT molecular complexity index is 624. The smallest absolute Gasteiger partial charge is 0.318 e. The van der Waals surface area contributed by atoms with Crippen molar-refractivity contribution >= 4 is 17.4 Å². The SMILES string of the molecule is CC(C)(C)NC(=O)N1CCn2cccc2[C@H]1c1cccs1. The van der Waals surface area contributed by atoms with E-state index in [0.29, 0.717) is 0 Å². The first kappa shape index (κ1) is 14.2. The Morgan fingerprint density at radius 1 is 1.29 bits per heavy atom. The summed E-state index contributed by atoms with van der Waals surface area (Å²) in [7, 11) is 0. The van der Waals surface area contributed by atoms with E-state index in [1.54, 1.807) is 11.3 Å². The molecule has 5 heteroatoms. The molecule has 3 heterocycles. The van der Waals surface area contributed by atoms with Crippen LogP contribution in [0, 0.1) is 0 Å². The predicted octanol–water partition coefficient (Wildman–Crippen LogP) is 3.46. The van der Waals surface area contributed by atoms with Crippen molar-refractivity contribution in [2.45, 2.75) is 38.9 Å². The van der Waals surface area contributed by atoms with Gasteiger partial charge in [0, 0.05) is 35.4 Å². The molecule has 112 valence electrons. The molecule has 1 N–H and O–H groups in total. The Morgan fingerprint density at radius 2 is 2.10 bits per heavy atom. The summed E-state index contributed by atoms with van der Waals surface area (Å²) in [4.78, 5) is 15.8. The highest BCUT2D eigenvalue weighted by Gasteiger charge is 2.33. The van der Waals surface area contributed by atoms with Crippen LogP contribution in [0.1, 0.15) is 37.4 Å². The van der Waals surface area contributed by atoms with Crippen molar-refractivity contribution in [3.8, 4) is 0 Å². The molecule has 21 heavy (non-hydrogen) atoms. The van der Waals surface area contributed by atoms with Gasteiger partial charge in [0.1, 0.15) is 6.04 Å². The molecule has 1 atom stereocenters. The summed E-state index contributed by atoms with van der Waals surface area (Å²) < 4.78 is 2.24. The minimum Gasteiger partial charge on any atom is -0.347 e. The van der Waals surface area contributed by atoms with Gasteiger partial charge < -0.3 is 14.8 Å². The van der Waals surface area contributed by atoms with E-state index in [9.17, 15) is 4.79 Å². The summed E-state index contributed by atoms with van der Waals surface area (Å²) in [5.74, 6) is 0. The van der Waals surface area contributed by atoms with Gasteiger partial charge in [0.25, 0.3) is 0 Å². The molecule has 4 nitrogen and oxygen atoms in total. The lowest BCUT2D eigenvalue weighted by molar-refractivity contribution is 0.162. The van der Waals surface area contributed by atoms with Gasteiger partial charge in [-0.2, -0.15) is 0 Å². The molecule has 2 amide bonds. The topological polar surface area (TPSA) is 37.3 Å². The molecule has 0 radical (unpaired) electrons. The minimum atomic E-state index is -0.226. The zero-order valence-corrected chi connectivity index (χ0v) is 13.5. The van der Waals surface area contributed by atoms with E-state index in [1.807, 2.05) is 31.7 Å². The van der Waals surface area contributed by atoms with Crippen molar-refractivity contribution in [3.63, 3.8) is 0 Å². The largest absolute Gasteiger partial charge is 0.347 e. The van der Waals surface area contributed by atoms with E-state index < -0.39 is 0 Å². The average molecular weight is 303 g/mol. The number of nitrogens with one attached hydrogen (secondary N) is 1. The van der Waals surface area contributed by atoms with Gasteiger partial charge >= 0.3 is 6.03 Å². The standard InChI is InChI=1S/C16H21N3OS/c1-16(2,3)17-15(20)19-10-9-18-8-4-6-12(18)14(19)13-7-5-11-21-13/h4-8,11,14H,9-10H2,1-3H3,(H,17,20)/t14-/m0/s1. The third-order valence-corrected chi connectivity index (χ3v) is 4.52. The quantitative estimate of drug-likeness (QED) is 0.860. The number of amides is 2. The fraction of sp³-hybridized carbons (Fsp3) is 0.438. The summed E-state index contributed by atoms with van der Waals surface area (Å²) in [6.45, 7) is 7.61. The van der Waals surface area contributed by atoms with Crippen LogP contribution in [0.4, 0.5) is 4.79 Å². The Labute approximate surface area is 129 Å². The van der Waals surface area contributed by atoms with Crippen molar-refractivity contribution in [1.29, 1.82) is 0 Å². The molecule has 0 spiro atoms. The zero-order valence-electron chi connectivity index (χ0n) is 12.7. The van der Waals surface area contributed by atoms with E-state index in [0.717, 1.165) is 13.1 Å². The van der Waals surface area contributed by atoms with Crippen LogP contribution in [0.25, 0.3) is 0 Å². The van der Waals surface area contributed by atoms with Gasteiger partial charge in [-0.25, -0.2) is 4.79 Å². The van der Waals surface area contributed by atoms with Crippen molar-refractivity contribution in [2.75, 3.05) is 6.54 Å². The fourth-order valence-electron chi connectivity index (χ4n) is 2.74. The summed E-state index contributed by atoms with van der Waals surface area (Å²) in [6, 6.07) is 8.34. The van der Waals surface area contributed by atoms with Crippen LogP contribution in [-0.4, -0.2) is 27.6 Å². The lowest BCUT2D eigenvalue weighted by Crippen LogP contribution is -2.52. The first-order chi connectivity index (χ1) is 9.96. The predicted molar refractivity (Wildman–Crippen MR) is 85.6 cm³/mol. The molecule has 0 aromatic carbocycles. The molecule has 0 fully saturated rings. The van der Waals surface area contributed by atoms with Crippen LogP contribution >= 0.6 is 11.3 Å². The van der Waals surface area contributed by atoms with Crippen LogP contribution in [0.5, 0.6) is 0 Å². The normalized spacial score (nSPS) is 18.4. The minimum absolute atomic E-state index is 0.00773. The molecule has 0 saturated carbocycles. The molecule has 0 saturated heterocycles. The highest BCUT2D eigenvalue weighted by atomic mass is 32.1. The van der Waals surface area contributed by atoms with Gasteiger partial charge in [0.15, 0.2) is 0 Å². The number of nitrogens with zero attached hydrogens (tertiary/aromatic N) is 2. The van der Waals surface area contributed by atoms with Crippen molar-refractivity contribution < 1.29 is 4.79 Å². The van der Waals surface area contributed by atoms with E-state index in [-0.39, 0.29) is 17.6 Å². The number of carbonyl (C=O) groups excluding carboxylic acids is 1. The molecule has 1 aliphatic heterocycles. The van der Waals surface area contributed by atoms with Crippen molar-refractivity contribution in [3.05, 3.63) is 46.4 Å². The molecule has 3 rings (SSSR count). The number of rotatable bonds is 1. The molecular weight excluding hydrogens is 282 g/mol. The maximum absolute atomic E-state index is 12.7. The monoisotopic (exact) mass is 303 g/mol. The third kappa shape index (κ3) is 2.83. The fourth-order valence-corrected chi connectivity index (χ4v) is 3.59. The third-order valence-electron chi connectivity index (χ3n) is 3.59. The van der Waals surface area contributed by atoms with E-state index in [2.05, 4.69) is 39.7 Å². The van der Waals surface area contributed by atoms with Gasteiger partial charge in [0.05, 0.1) is 0 Å². The molecule has 2 aromatic heterocycles. The first-order valence-electron chi connectivity index (χ1n) is 7.23. The summed E-state index contributed by atoms with van der Waals surface area (Å²) in [5.41, 5.74) is 0.962. The maximum atomic E-state index is 12.7. The second kappa shape index (κ2) is 5.22. The van der Waals surface area contributed by atoms with Gasteiger partial charge in [-0.05, 0) is 44.4 Å². The molecule has 0 unspecified atom stereocenters. The highest BCUT2D eigenvalue weighted by Crippen LogP contribution is 2.34. The second-order valence-corrected chi connectivity index (χ2v) is 7.40. The number of hydrogen-bond acceptors (Lipinski definition) is 2. The Balaban J connectivity index is 1.95. The Hall–Kier alpha value is -1.75. The van der Waals surface area contributed by atoms with Gasteiger partial charge in [-0.3, -0.25) is 0 Å². The summed E-state index contributed by atoms with van der Waals surface area (Å²) in [5, 5.41) is 5.15. The average Bonchev–Trinajstić information content (AvgIpc) is 3.06. The van der Waals surface area contributed by atoms with Gasteiger partial charge in [-0.1, -0.05) is 6.07 Å². The van der Waals surface area contributed by atoms with Crippen molar-refractivity contribution in [2.24, 2.45) is 0 Å². The second-order valence-electron chi connectivity index (χ2n) is 6.42. The number of aromatic nitrogens is 1. The Morgan fingerprint density at radius 3 is 2.76 bits per heavy atom. The number of hydrogen-bond donors (Lipinski definition) is 1. The molecule has 2 aromatic rings. The highest BCUT2D eigenvalue weighted by molar-refractivity contribution is 7.10. The number of thiophene rings is 1. The summed E-state index contributed by atoms with van der Waals surface area (Å²) >= 11 is 1.70. The van der Waals surface area contributed by atoms with E-state index >= 15 is 0 Å². The number of fused-ring (bicyclic) bond motifs is 1. The number of carbonyl (C=O) groups is 1. The van der Waals surface area contributed by atoms with Gasteiger partial charge in [0.2, 0.25) is 0 Å². The summed E-state index contributed by atoms with van der Waals surface area (Å²) in [6.07, 6.45) is 2.09. The maximum Gasteiger partial charge on any atom is 0.318 e. The first-order valence-corrected chi connectivity index (χ1v) is 8.11. The van der Waals surface area contributed by atoms with Crippen LogP contribution in [0.3, 0.4) is 0 Å². The molecule has 0 bridgehead atoms. The number of urea groups is 1. The van der Waals surface area contributed by atoms with E-state index in [4.69, 9.17) is 0 Å². The van der Waals surface area contributed by atoms with Crippen LogP contribution in [-0.2, 0) is 6.54 Å². The van der Waals surface area contributed by atoms with Crippen LogP contribution in [0.15, 0.2) is 35.8 Å². The van der Waals surface area contributed by atoms with Crippen LogP contribution in [0.2, 0.25) is 0 Å². The van der Waals surface area contributed by atoms with Crippen molar-refractivity contribution in [1.82, 2.24) is 14.8 Å².